The first-order valence-electron chi connectivity index (χ1n) is 9.21. The van der Waals surface area contributed by atoms with E-state index in [1.807, 2.05) is 39.0 Å². The van der Waals surface area contributed by atoms with Gasteiger partial charge < -0.3 is 14.8 Å². The van der Waals surface area contributed by atoms with Crippen LogP contribution in [0.3, 0.4) is 0 Å². The minimum absolute atomic E-state index is 0.257. The Morgan fingerprint density at radius 1 is 1.23 bits per heavy atom. The van der Waals surface area contributed by atoms with Crippen LogP contribution in [0.25, 0.3) is 0 Å². The molecule has 1 aromatic rings. The van der Waals surface area contributed by atoms with E-state index in [1.54, 1.807) is 6.92 Å². The summed E-state index contributed by atoms with van der Waals surface area (Å²) in [5, 5.41) is 2.88. The molecule has 0 aliphatic carbocycles. The summed E-state index contributed by atoms with van der Waals surface area (Å²) in [5.41, 5.74) is 0.625. The summed E-state index contributed by atoms with van der Waals surface area (Å²) in [6.45, 7) is 9.72. The predicted molar refractivity (Wildman–Crippen MR) is 99.6 cm³/mol. The summed E-state index contributed by atoms with van der Waals surface area (Å²) in [6, 6.07) is 9.83. The molecule has 0 spiro atoms. The van der Waals surface area contributed by atoms with Gasteiger partial charge in [0.15, 0.2) is 0 Å². The van der Waals surface area contributed by atoms with Crippen LogP contribution < -0.4 is 5.32 Å². The van der Waals surface area contributed by atoms with Gasteiger partial charge in [0.2, 0.25) is 0 Å². The third kappa shape index (κ3) is 6.33. The zero-order valence-electron chi connectivity index (χ0n) is 16.2. The van der Waals surface area contributed by atoms with E-state index >= 15 is 0 Å². The van der Waals surface area contributed by atoms with Crippen molar-refractivity contribution in [3.05, 3.63) is 35.9 Å². The Labute approximate surface area is 155 Å². The number of piperidine rings is 1. The molecule has 1 fully saturated rings. The smallest absolute Gasteiger partial charge is 0.407 e. The van der Waals surface area contributed by atoms with Crippen molar-refractivity contribution in [3.63, 3.8) is 0 Å². The second-order valence-corrected chi connectivity index (χ2v) is 7.62. The maximum absolute atomic E-state index is 12.3. The SMILES string of the molecule is CCOC(=O)[C@@H]1CCN(Cc2ccccc2)C[C@H]1NC(=O)OC(C)(C)C. The lowest BCUT2D eigenvalue weighted by molar-refractivity contribution is -0.150. The standard InChI is InChI=1S/C20H30N2O4/c1-5-25-18(23)16-11-12-22(13-15-9-7-6-8-10-15)14-17(16)21-19(24)26-20(2,3)4/h6-10,16-17H,5,11-14H2,1-4H3,(H,21,24)/t16-,17-/m1/s1. The van der Waals surface area contributed by atoms with Gasteiger partial charge in [0.1, 0.15) is 5.60 Å². The highest BCUT2D eigenvalue weighted by molar-refractivity contribution is 5.75. The van der Waals surface area contributed by atoms with Gasteiger partial charge in [-0.15, -0.1) is 0 Å². The summed E-state index contributed by atoms with van der Waals surface area (Å²) in [5.74, 6) is -0.609. The topological polar surface area (TPSA) is 67.9 Å². The van der Waals surface area contributed by atoms with Crippen LogP contribution in [0.15, 0.2) is 30.3 Å². The normalized spacial score (nSPS) is 21.1. The van der Waals surface area contributed by atoms with E-state index in [9.17, 15) is 9.59 Å². The molecule has 6 nitrogen and oxygen atoms in total. The fourth-order valence-electron chi connectivity index (χ4n) is 3.14. The molecule has 0 radical (unpaired) electrons. The molecule has 0 unspecified atom stereocenters. The van der Waals surface area contributed by atoms with E-state index < -0.39 is 11.7 Å². The average molecular weight is 362 g/mol. The molecule has 1 N–H and O–H groups in total. The highest BCUT2D eigenvalue weighted by Crippen LogP contribution is 2.22. The zero-order valence-corrected chi connectivity index (χ0v) is 16.2. The molecule has 0 aromatic heterocycles. The van der Waals surface area contributed by atoms with E-state index in [0.717, 1.165) is 13.1 Å². The van der Waals surface area contributed by atoms with Gasteiger partial charge in [-0.3, -0.25) is 9.69 Å². The number of hydrogen-bond acceptors (Lipinski definition) is 5. The molecule has 0 saturated carbocycles. The van der Waals surface area contributed by atoms with E-state index in [4.69, 9.17) is 9.47 Å². The second kappa shape index (κ2) is 9.03. The van der Waals surface area contributed by atoms with Gasteiger partial charge in [0, 0.05) is 13.1 Å². The van der Waals surface area contributed by atoms with Gasteiger partial charge in [-0.25, -0.2) is 4.79 Å². The molecule has 6 heteroatoms. The first-order chi connectivity index (χ1) is 12.3. The van der Waals surface area contributed by atoms with Crippen LogP contribution in [0.2, 0.25) is 0 Å². The Bertz CT molecular complexity index is 598. The third-order valence-corrected chi connectivity index (χ3v) is 4.24. The van der Waals surface area contributed by atoms with Gasteiger partial charge in [-0.2, -0.15) is 0 Å². The minimum Gasteiger partial charge on any atom is -0.466 e. The monoisotopic (exact) mass is 362 g/mol. The number of carbonyl (C=O) groups is 2. The van der Waals surface area contributed by atoms with Crippen molar-refractivity contribution in [2.45, 2.75) is 52.3 Å². The number of amides is 1. The Kier molecular flexibility index (Phi) is 7.03. The van der Waals surface area contributed by atoms with Crippen LogP contribution in [0.4, 0.5) is 4.79 Å². The van der Waals surface area contributed by atoms with Crippen LogP contribution in [-0.2, 0) is 20.8 Å². The summed E-state index contributed by atoms with van der Waals surface area (Å²) < 4.78 is 10.6. The van der Waals surface area contributed by atoms with E-state index in [2.05, 4.69) is 22.3 Å². The maximum atomic E-state index is 12.3. The minimum atomic E-state index is -0.581. The number of carbonyl (C=O) groups excluding carboxylic acids is 2. The molecule has 1 aliphatic heterocycles. The van der Waals surface area contributed by atoms with Gasteiger partial charge in [0.25, 0.3) is 0 Å². The highest BCUT2D eigenvalue weighted by Gasteiger charge is 2.36. The number of ether oxygens (including phenoxy) is 2. The fourth-order valence-corrected chi connectivity index (χ4v) is 3.14. The first-order valence-corrected chi connectivity index (χ1v) is 9.21. The Hall–Kier alpha value is -2.08. The number of nitrogens with one attached hydrogen (secondary N) is 1. The number of hydrogen-bond donors (Lipinski definition) is 1. The molecule has 1 aromatic carbocycles. The summed E-state index contributed by atoms with van der Waals surface area (Å²) in [6.07, 6.45) is 0.143. The van der Waals surface area contributed by atoms with Crippen molar-refractivity contribution >= 4 is 12.1 Å². The molecule has 1 saturated heterocycles. The third-order valence-electron chi connectivity index (χ3n) is 4.24. The molecule has 1 heterocycles. The highest BCUT2D eigenvalue weighted by atomic mass is 16.6. The second-order valence-electron chi connectivity index (χ2n) is 7.62. The van der Waals surface area contributed by atoms with Gasteiger partial charge in [-0.05, 0) is 46.2 Å². The van der Waals surface area contributed by atoms with Crippen LogP contribution >= 0.6 is 0 Å². The summed E-state index contributed by atoms with van der Waals surface area (Å²) in [7, 11) is 0. The number of rotatable bonds is 5. The average Bonchev–Trinajstić information content (AvgIpc) is 2.54. The quantitative estimate of drug-likeness (QED) is 0.816. The zero-order chi connectivity index (χ0) is 19.2. The lowest BCUT2D eigenvalue weighted by Crippen LogP contribution is -2.55. The van der Waals surface area contributed by atoms with Gasteiger partial charge in [-0.1, -0.05) is 30.3 Å². The number of alkyl carbamates (subject to hydrolysis) is 1. The molecular weight excluding hydrogens is 332 g/mol. The van der Waals surface area contributed by atoms with Crippen molar-refractivity contribution in [2.24, 2.45) is 5.92 Å². The molecule has 144 valence electrons. The Balaban J connectivity index is 2.04. The van der Waals surface area contributed by atoms with E-state index in [1.165, 1.54) is 5.56 Å². The van der Waals surface area contributed by atoms with Crippen LogP contribution in [-0.4, -0.2) is 48.3 Å². The molecule has 0 bridgehead atoms. The number of likely N-dealkylation sites (tertiary alicyclic amines) is 1. The molecule has 26 heavy (non-hydrogen) atoms. The van der Waals surface area contributed by atoms with Gasteiger partial charge >= 0.3 is 12.1 Å². The number of benzene rings is 1. The fraction of sp³-hybridized carbons (Fsp3) is 0.600. The molecular formula is C20H30N2O4. The Morgan fingerprint density at radius 3 is 2.54 bits per heavy atom. The number of esters is 1. The van der Waals surface area contributed by atoms with Crippen molar-refractivity contribution in [2.75, 3.05) is 19.7 Å². The summed E-state index contributed by atoms with van der Waals surface area (Å²) >= 11 is 0. The largest absolute Gasteiger partial charge is 0.466 e. The van der Waals surface area contributed by atoms with Gasteiger partial charge in [0.05, 0.1) is 18.6 Å². The van der Waals surface area contributed by atoms with E-state index in [-0.39, 0.29) is 17.9 Å². The van der Waals surface area contributed by atoms with Crippen molar-refractivity contribution in [1.29, 1.82) is 0 Å². The predicted octanol–water partition coefficient (Wildman–Crippen LogP) is 2.96. The molecule has 1 aliphatic rings. The molecule has 1 amide bonds. The first kappa shape index (κ1) is 20.2. The lowest BCUT2D eigenvalue weighted by Gasteiger charge is -2.37. The van der Waals surface area contributed by atoms with Crippen molar-refractivity contribution in [3.8, 4) is 0 Å². The maximum Gasteiger partial charge on any atom is 0.407 e. The summed E-state index contributed by atoms with van der Waals surface area (Å²) in [4.78, 5) is 26.8. The van der Waals surface area contributed by atoms with Crippen LogP contribution in [0.1, 0.15) is 39.7 Å². The van der Waals surface area contributed by atoms with E-state index in [0.29, 0.717) is 19.6 Å². The van der Waals surface area contributed by atoms with Crippen LogP contribution in [0.5, 0.6) is 0 Å². The van der Waals surface area contributed by atoms with Crippen molar-refractivity contribution in [1.82, 2.24) is 10.2 Å². The van der Waals surface area contributed by atoms with Crippen molar-refractivity contribution < 1.29 is 19.1 Å². The molecule has 2 atom stereocenters. The lowest BCUT2D eigenvalue weighted by atomic mass is 9.91. The Morgan fingerprint density at radius 2 is 1.92 bits per heavy atom. The number of nitrogens with zero attached hydrogens (tertiary/aromatic N) is 1. The molecule has 2 rings (SSSR count). The van der Waals surface area contributed by atoms with Crippen LogP contribution in [0, 0.1) is 5.92 Å².